The van der Waals surface area contributed by atoms with Gasteiger partial charge in [-0.05, 0) is 25.5 Å². The van der Waals surface area contributed by atoms with Gasteiger partial charge in [0.15, 0.2) is 0 Å². The third-order valence-electron chi connectivity index (χ3n) is 2.58. The molecule has 1 N–H and O–H groups in total. The Kier molecular flexibility index (Phi) is 4.52. The molecule has 1 aromatic heterocycles. The van der Waals surface area contributed by atoms with E-state index in [4.69, 9.17) is 4.74 Å². The molecular weight excluding hydrogens is 260 g/mol. The molecule has 0 saturated carbocycles. The van der Waals surface area contributed by atoms with Gasteiger partial charge >= 0.3 is 6.09 Å². The van der Waals surface area contributed by atoms with Gasteiger partial charge in [0, 0.05) is 11.1 Å². The fraction of sp³-hybridized carbons (Fsp3) is 0.286. The first kappa shape index (κ1) is 13.5. The van der Waals surface area contributed by atoms with Crippen LogP contribution in [0.1, 0.15) is 29.8 Å². The van der Waals surface area contributed by atoms with Crippen molar-refractivity contribution in [2.45, 2.75) is 26.3 Å². The molecule has 5 heteroatoms. The number of carbonyl (C=O) groups is 1. The molecule has 0 radical (unpaired) electrons. The van der Waals surface area contributed by atoms with E-state index in [0.717, 1.165) is 11.4 Å². The van der Waals surface area contributed by atoms with E-state index >= 15 is 0 Å². The Hall–Kier alpha value is -1.88. The molecule has 4 nitrogen and oxygen atoms in total. The Morgan fingerprint density at radius 3 is 2.79 bits per heavy atom. The van der Waals surface area contributed by atoms with Crippen molar-refractivity contribution in [3.63, 3.8) is 0 Å². The SMILES string of the molecule is CCc1cnc(C(C)NC(=O)Oc2ccccc2)s1. The number of nitrogens with zero attached hydrogens (tertiary/aromatic N) is 1. The van der Waals surface area contributed by atoms with Crippen LogP contribution in [0.5, 0.6) is 5.75 Å². The predicted octanol–water partition coefficient (Wildman–Crippen LogP) is 3.56. The molecule has 0 saturated heterocycles. The monoisotopic (exact) mass is 276 g/mol. The van der Waals surface area contributed by atoms with Crippen LogP contribution < -0.4 is 10.1 Å². The highest BCUT2D eigenvalue weighted by atomic mass is 32.1. The Morgan fingerprint density at radius 1 is 1.42 bits per heavy atom. The molecule has 1 unspecified atom stereocenters. The highest BCUT2D eigenvalue weighted by molar-refractivity contribution is 7.11. The first-order valence-corrected chi connectivity index (χ1v) is 6.98. The highest BCUT2D eigenvalue weighted by Crippen LogP contribution is 2.20. The van der Waals surface area contributed by atoms with Crippen molar-refractivity contribution in [2.24, 2.45) is 0 Å². The Bertz CT molecular complexity index is 539. The lowest BCUT2D eigenvalue weighted by molar-refractivity contribution is 0.197. The summed E-state index contributed by atoms with van der Waals surface area (Å²) >= 11 is 1.61. The largest absolute Gasteiger partial charge is 0.413 e. The molecule has 1 atom stereocenters. The van der Waals surface area contributed by atoms with Crippen molar-refractivity contribution in [1.82, 2.24) is 10.3 Å². The van der Waals surface area contributed by atoms with E-state index in [0.29, 0.717) is 5.75 Å². The molecule has 2 aromatic rings. The van der Waals surface area contributed by atoms with Crippen LogP contribution in [-0.4, -0.2) is 11.1 Å². The number of benzene rings is 1. The number of carbonyl (C=O) groups excluding carboxylic acids is 1. The lowest BCUT2D eigenvalue weighted by Gasteiger charge is -2.11. The van der Waals surface area contributed by atoms with E-state index in [1.54, 1.807) is 23.5 Å². The van der Waals surface area contributed by atoms with Crippen LogP contribution in [0.25, 0.3) is 0 Å². The number of aromatic nitrogens is 1. The van der Waals surface area contributed by atoms with Crippen molar-refractivity contribution in [3.05, 3.63) is 46.4 Å². The van der Waals surface area contributed by atoms with E-state index in [9.17, 15) is 4.79 Å². The summed E-state index contributed by atoms with van der Waals surface area (Å²) < 4.78 is 5.17. The molecule has 1 heterocycles. The summed E-state index contributed by atoms with van der Waals surface area (Å²) in [6.07, 6.45) is 2.34. The summed E-state index contributed by atoms with van der Waals surface area (Å²) in [6.45, 7) is 3.98. The Morgan fingerprint density at radius 2 is 2.16 bits per heavy atom. The Balaban J connectivity index is 1.91. The third-order valence-corrected chi connectivity index (χ3v) is 3.90. The summed E-state index contributed by atoms with van der Waals surface area (Å²) in [7, 11) is 0. The van der Waals surface area contributed by atoms with Crippen LogP contribution in [0, 0.1) is 0 Å². The first-order chi connectivity index (χ1) is 9.19. The first-order valence-electron chi connectivity index (χ1n) is 6.17. The lowest BCUT2D eigenvalue weighted by Crippen LogP contribution is -2.29. The average Bonchev–Trinajstić information content (AvgIpc) is 2.88. The number of thiazole rings is 1. The number of nitrogens with one attached hydrogen (secondary N) is 1. The number of aryl methyl sites for hydroxylation is 1. The average molecular weight is 276 g/mol. The van der Waals surface area contributed by atoms with E-state index in [-0.39, 0.29) is 6.04 Å². The molecule has 1 aromatic carbocycles. The summed E-state index contributed by atoms with van der Waals surface area (Å²) in [4.78, 5) is 17.2. The topological polar surface area (TPSA) is 51.2 Å². The van der Waals surface area contributed by atoms with Crippen LogP contribution in [0.2, 0.25) is 0 Å². The van der Waals surface area contributed by atoms with Gasteiger partial charge in [-0.3, -0.25) is 0 Å². The second-order valence-corrected chi connectivity index (χ2v) is 5.23. The van der Waals surface area contributed by atoms with Gasteiger partial charge in [0.25, 0.3) is 0 Å². The van der Waals surface area contributed by atoms with Gasteiger partial charge in [-0.1, -0.05) is 25.1 Å². The summed E-state index contributed by atoms with van der Waals surface area (Å²) in [5.41, 5.74) is 0. The van der Waals surface area contributed by atoms with Gasteiger partial charge in [-0.2, -0.15) is 0 Å². The van der Waals surface area contributed by atoms with Gasteiger partial charge in [0.1, 0.15) is 10.8 Å². The van der Waals surface area contributed by atoms with E-state index in [2.05, 4.69) is 17.2 Å². The second-order valence-electron chi connectivity index (χ2n) is 4.09. The molecule has 0 aliphatic rings. The highest BCUT2D eigenvalue weighted by Gasteiger charge is 2.14. The Labute approximate surface area is 116 Å². The van der Waals surface area contributed by atoms with Crippen LogP contribution in [0.15, 0.2) is 36.5 Å². The molecular formula is C14H16N2O2S. The van der Waals surface area contributed by atoms with E-state index in [1.807, 2.05) is 31.3 Å². The van der Waals surface area contributed by atoms with Gasteiger partial charge in [0.2, 0.25) is 0 Å². The lowest BCUT2D eigenvalue weighted by atomic mass is 10.3. The minimum Gasteiger partial charge on any atom is -0.410 e. The molecule has 0 aliphatic carbocycles. The van der Waals surface area contributed by atoms with Crippen molar-refractivity contribution in [1.29, 1.82) is 0 Å². The van der Waals surface area contributed by atoms with Crippen molar-refractivity contribution in [2.75, 3.05) is 0 Å². The van der Waals surface area contributed by atoms with Crippen molar-refractivity contribution >= 4 is 17.4 Å². The van der Waals surface area contributed by atoms with Crippen molar-refractivity contribution < 1.29 is 9.53 Å². The van der Waals surface area contributed by atoms with Gasteiger partial charge in [0.05, 0.1) is 6.04 Å². The van der Waals surface area contributed by atoms with Gasteiger partial charge in [-0.25, -0.2) is 9.78 Å². The van der Waals surface area contributed by atoms with E-state index < -0.39 is 6.09 Å². The smallest absolute Gasteiger partial charge is 0.410 e. The normalized spacial score (nSPS) is 11.9. The molecule has 0 aliphatic heterocycles. The van der Waals surface area contributed by atoms with Gasteiger partial charge < -0.3 is 10.1 Å². The minimum absolute atomic E-state index is 0.151. The number of ether oxygens (including phenoxy) is 1. The van der Waals surface area contributed by atoms with Crippen LogP contribution in [0.3, 0.4) is 0 Å². The zero-order valence-electron chi connectivity index (χ0n) is 10.9. The fourth-order valence-corrected chi connectivity index (χ4v) is 2.41. The quantitative estimate of drug-likeness (QED) is 0.929. The zero-order valence-corrected chi connectivity index (χ0v) is 11.7. The predicted molar refractivity (Wildman–Crippen MR) is 75.5 cm³/mol. The maximum absolute atomic E-state index is 11.7. The molecule has 100 valence electrons. The molecule has 19 heavy (non-hydrogen) atoms. The molecule has 2 rings (SSSR count). The number of rotatable bonds is 4. The summed E-state index contributed by atoms with van der Waals surface area (Å²) in [5.74, 6) is 0.528. The standard InChI is InChI=1S/C14H16N2O2S/c1-3-12-9-15-13(19-12)10(2)16-14(17)18-11-7-5-4-6-8-11/h4-10H,3H2,1-2H3,(H,16,17). The minimum atomic E-state index is -0.466. The van der Waals surface area contributed by atoms with Gasteiger partial charge in [-0.15, -0.1) is 11.3 Å². The molecule has 0 spiro atoms. The second kappa shape index (κ2) is 6.33. The van der Waals surface area contributed by atoms with Crippen LogP contribution >= 0.6 is 11.3 Å². The maximum Gasteiger partial charge on any atom is 0.413 e. The maximum atomic E-state index is 11.7. The molecule has 0 fully saturated rings. The fourth-order valence-electron chi connectivity index (χ4n) is 1.55. The molecule has 0 bridgehead atoms. The number of para-hydroxylation sites is 1. The third kappa shape index (κ3) is 3.79. The van der Waals surface area contributed by atoms with E-state index in [1.165, 1.54) is 4.88 Å². The van der Waals surface area contributed by atoms with Crippen molar-refractivity contribution in [3.8, 4) is 5.75 Å². The summed E-state index contributed by atoms with van der Waals surface area (Å²) in [5, 5.41) is 3.66. The molecule has 1 amide bonds. The van der Waals surface area contributed by atoms with Crippen LogP contribution in [-0.2, 0) is 6.42 Å². The zero-order chi connectivity index (χ0) is 13.7. The number of hydrogen-bond acceptors (Lipinski definition) is 4. The number of hydrogen-bond donors (Lipinski definition) is 1. The number of amides is 1. The van der Waals surface area contributed by atoms with Crippen LogP contribution in [0.4, 0.5) is 4.79 Å². The summed E-state index contributed by atoms with van der Waals surface area (Å²) in [6, 6.07) is 8.84.